The SMILES string of the molecule is Cc1cc(C(=O)N2CCN3C(=O)c4ccncc4C23c2ccc(Cl)cc2)n[nH]1. The van der Waals surface area contributed by atoms with Crippen molar-refractivity contribution in [2.75, 3.05) is 13.1 Å². The van der Waals surface area contributed by atoms with Crippen molar-refractivity contribution in [2.45, 2.75) is 12.6 Å². The number of rotatable bonds is 2. The van der Waals surface area contributed by atoms with Crippen LogP contribution in [0.2, 0.25) is 5.02 Å². The quantitative estimate of drug-likeness (QED) is 0.725. The van der Waals surface area contributed by atoms with Crippen LogP contribution < -0.4 is 0 Å². The molecule has 1 unspecified atom stereocenters. The summed E-state index contributed by atoms with van der Waals surface area (Å²) in [6, 6.07) is 10.7. The Kier molecular flexibility index (Phi) is 3.57. The second-order valence-corrected chi connectivity index (χ2v) is 7.39. The lowest BCUT2D eigenvalue weighted by atomic mass is 9.91. The molecule has 2 aromatic heterocycles. The minimum Gasteiger partial charge on any atom is -0.306 e. The first-order chi connectivity index (χ1) is 13.5. The molecule has 3 aromatic rings. The number of H-pyrrole nitrogens is 1. The van der Waals surface area contributed by atoms with Crippen molar-refractivity contribution >= 4 is 23.4 Å². The summed E-state index contributed by atoms with van der Waals surface area (Å²) in [5.41, 5.74) is 2.09. The number of amides is 2. The maximum absolute atomic E-state index is 13.4. The van der Waals surface area contributed by atoms with Crippen LogP contribution >= 0.6 is 11.6 Å². The Morgan fingerprint density at radius 2 is 2.00 bits per heavy atom. The third kappa shape index (κ3) is 2.10. The van der Waals surface area contributed by atoms with Gasteiger partial charge < -0.3 is 9.80 Å². The van der Waals surface area contributed by atoms with E-state index in [0.717, 1.165) is 11.3 Å². The van der Waals surface area contributed by atoms with Gasteiger partial charge in [-0.3, -0.25) is 19.7 Å². The first-order valence-corrected chi connectivity index (χ1v) is 9.28. The zero-order valence-corrected chi connectivity index (χ0v) is 15.8. The fourth-order valence-corrected chi connectivity index (χ4v) is 4.40. The van der Waals surface area contributed by atoms with Gasteiger partial charge in [-0.25, -0.2) is 0 Å². The lowest BCUT2D eigenvalue weighted by molar-refractivity contribution is 0.0371. The van der Waals surface area contributed by atoms with Crippen molar-refractivity contribution in [2.24, 2.45) is 0 Å². The molecule has 4 heterocycles. The van der Waals surface area contributed by atoms with E-state index in [1.165, 1.54) is 0 Å². The fraction of sp³-hybridized carbons (Fsp3) is 0.200. The molecule has 8 heteroatoms. The Labute approximate surface area is 165 Å². The zero-order valence-electron chi connectivity index (χ0n) is 15.0. The molecule has 0 bridgehead atoms. The zero-order chi connectivity index (χ0) is 19.5. The second-order valence-electron chi connectivity index (χ2n) is 6.95. The number of aromatic amines is 1. The largest absolute Gasteiger partial charge is 0.306 e. The summed E-state index contributed by atoms with van der Waals surface area (Å²) in [5.74, 6) is -0.354. The molecule has 1 aromatic carbocycles. The molecule has 1 atom stereocenters. The molecule has 2 aliphatic rings. The first kappa shape index (κ1) is 16.9. The minimum absolute atomic E-state index is 0.110. The van der Waals surface area contributed by atoms with Gasteiger partial charge in [0, 0.05) is 47.3 Å². The second kappa shape index (κ2) is 5.90. The fourth-order valence-electron chi connectivity index (χ4n) is 4.28. The summed E-state index contributed by atoms with van der Waals surface area (Å²) in [7, 11) is 0. The van der Waals surface area contributed by atoms with Gasteiger partial charge in [-0.2, -0.15) is 5.10 Å². The van der Waals surface area contributed by atoms with Crippen molar-refractivity contribution in [1.82, 2.24) is 25.0 Å². The molecule has 0 saturated carbocycles. The van der Waals surface area contributed by atoms with Crippen LogP contribution in [0.5, 0.6) is 0 Å². The molecular weight excluding hydrogens is 378 g/mol. The van der Waals surface area contributed by atoms with E-state index in [-0.39, 0.29) is 11.8 Å². The van der Waals surface area contributed by atoms with Gasteiger partial charge in [0.05, 0.1) is 5.56 Å². The highest BCUT2D eigenvalue weighted by molar-refractivity contribution is 6.30. The van der Waals surface area contributed by atoms with Gasteiger partial charge in [-0.1, -0.05) is 23.7 Å². The number of benzene rings is 1. The maximum Gasteiger partial charge on any atom is 0.276 e. The number of halogens is 1. The number of pyridine rings is 1. The molecule has 1 N–H and O–H groups in total. The van der Waals surface area contributed by atoms with Crippen LogP contribution in [0.4, 0.5) is 0 Å². The lowest BCUT2D eigenvalue weighted by Crippen LogP contribution is -2.51. The molecule has 0 spiro atoms. The van der Waals surface area contributed by atoms with E-state index in [4.69, 9.17) is 11.6 Å². The molecular formula is C20H16ClN5O2. The number of carbonyl (C=O) groups is 2. The Balaban J connectivity index is 1.76. The van der Waals surface area contributed by atoms with Gasteiger partial charge in [0.1, 0.15) is 5.69 Å². The van der Waals surface area contributed by atoms with Gasteiger partial charge >= 0.3 is 0 Å². The van der Waals surface area contributed by atoms with Crippen molar-refractivity contribution in [3.63, 3.8) is 0 Å². The first-order valence-electron chi connectivity index (χ1n) is 8.90. The lowest BCUT2D eigenvalue weighted by Gasteiger charge is -2.40. The average Bonchev–Trinajstić information content (AvgIpc) is 3.37. The third-order valence-corrected chi connectivity index (χ3v) is 5.67. The van der Waals surface area contributed by atoms with E-state index in [1.54, 1.807) is 46.5 Å². The van der Waals surface area contributed by atoms with E-state index in [2.05, 4.69) is 15.2 Å². The number of aryl methyl sites for hydroxylation is 1. The number of aromatic nitrogens is 3. The van der Waals surface area contributed by atoms with E-state index >= 15 is 0 Å². The average molecular weight is 394 g/mol. The smallest absolute Gasteiger partial charge is 0.276 e. The number of fused-ring (bicyclic) bond motifs is 3. The maximum atomic E-state index is 13.4. The molecule has 2 aliphatic heterocycles. The Morgan fingerprint density at radius 1 is 1.21 bits per heavy atom. The topological polar surface area (TPSA) is 82.2 Å². The van der Waals surface area contributed by atoms with Gasteiger partial charge in [-0.15, -0.1) is 0 Å². The van der Waals surface area contributed by atoms with Gasteiger partial charge in [0.2, 0.25) is 0 Å². The Morgan fingerprint density at radius 3 is 2.71 bits per heavy atom. The summed E-state index contributed by atoms with van der Waals surface area (Å²) in [4.78, 5) is 34.3. The molecule has 1 saturated heterocycles. The monoisotopic (exact) mass is 393 g/mol. The predicted octanol–water partition coefficient (Wildman–Crippen LogP) is 2.58. The summed E-state index contributed by atoms with van der Waals surface area (Å²) >= 11 is 6.10. The predicted molar refractivity (Wildman–Crippen MR) is 102 cm³/mol. The Hall–Kier alpha value is -3.19. The number of hydrogen-bond acceptors (Lipinski definition) is 4. The molecule has 140 valence electrons. The highest BCUT2D eigenvalue weighted by Gasteiger charge is 2.60. The normalized spacial score (nSPS) is 20.4. The number of carbonyl (C=O) groups excluding carboxylic acids is 2. The highest BCUT2D eigenvalue weighted by Crippen LogP contribution is 2.49. The van der Waals surface area contributed by atoms with Crippen LogP contribution in [0.15, 0.2) is 48.8 Å². The van der Waals surface area contributed by atoms with Gasteiger partial charge in [0.25, 0.3) is 11.8 Å². The van der Waals surface area contributed by atoms with Gasteiger partial charge in [-0.05, 0) is 31.2 Å². The van der Waals surface area contributed by atoms with Crippen LogP contribution in [0.3, 0.4) is 0 Å². The van der Waals surface area contributed by atoms with Crippen molar-refractivity contribution in [1.29, 1.82) is 0 Å². The highest BCUT2D eigenvalue weighted by atomic mass is 35.5. The van der Waals surface area contributed by atoms with Crippen LogP contribution in [-0.2, 0) is 5.66 Å². The standard InChI is InChI=1S/C20H16ClN5O2/c1-12-10-17(24-23-12)19(28)26-9-8-25-18(27)15-6-7-22-11-16(15)20(25,26)13-2-4-14(21)5-3-13/h2-7,10-11H,8-9H2,1H3,(H,23,24). The summed E-state index contributed by atoms with van der Waals surface area (Å²) in [5, 5.41) is 7.53. The molecule has 0 radical (unpaired) electrons. The number of hydrogen-bond donors (Lipinski definition) is 1. The molecule has 7 nitrogen and oxygen atoms in total. The number of nitrogens with one attached hydrogen (secondary N) is 1. The summed E-state index contributed by atoms with van der Waals surface area (Å²) in [6.45, 7) is 2.66. The van der Waals surface area contributed by atoms with Crippen molar-refractivity contribution in [3.05, 3.63) is 81.9 Å². The molecule has 0 aliphatic carbocycles. The van der Waals surface area contributed by atoms with E-state index in [1.807, 2.05) is 19.1 Å². The molecule has 1 fully saturated rings. The Bertz CT molecular complexity index is 1110. The van der Waals surface area contributed by atoms with Crippen molar-refractivity contribution in [3.8, 4) is 0 Å². The van der Waals surface area contributed by atoms with Crippen molar-refractivity contribution < 1.29 is 9.59 Å². The van der Waals surface area contributed by atoms with Gasteiger partial charge in [0.15, 0.2) is 5.66 Å². The molecule has 2 amide bonds. The van der Waals surface area contributed by atoms with E-state index < -0.39 is 5.66 Å². The van der Waals surface area contributed by atoms with Crippen LogP contribution in [0.1, 0.15) is 37.7 Å². The third-order valence-electron chi connectivity index (χ3n) is 5.42. The number of nitrogens with zero attached hydrogens (tertiary/aromatic N) is 4. The molecule has 28 heavy (non-hydrogen) atoms. The van der Waals surface area contributed by atoms with Crippen LogP contribution in [0, 0.1) is 6.92 Å². The summed E-state index contributed by atoms with van der Waals surface area (Å²) < 4.78 is 0. The van der Waals surface area contributed by atoms with Crippen LogP contribution in [-0.4, -0.2) is 49.9 Å². The van der Waals surface area contributed by atoms with E-state index in [0.29, 0.717) is 34.9 Å². The summed E-state index contributed by atoms with van der Waals surface area (Å²) in [6.07, 6.45) is 3.26. The minimum atomic E-state index is -1.06. The van der Waals surface area contributed by atoms with E-state index in [9.17, 15) is 9.59 Å². The molecule has 5 rings (SSSR count). The van der Waals surface area contributed by atoms with Crippen LogP contribution in [0.25, 0.3) is 0 Å².